The molecule has 0 fully saturated rings. The van der Waals surface area contributed by atoms with Crippen molar-refractivity contribution in [2.45, 2.75) is 31.0 Å². The second-order valence-electron chi connectivity index (χ2n) is 6.33. The summed E-state index contributed by atoms with van der Waals surface area (Å²) in [4.78, 5) is 59.3. The van der Waals surface area contributed by atoms with E-state index in [1.165, 1.54) is 0 Å². The van der Waals surface area contributed by atoms with Gasteiger partial charge >= 0.3 is 5.97 Å². The highest BCUT2D eigenvalue weighted by molar-refractivity contribution is 7.80. The molecule has 30 heavy (non-hydrogen) atoms. The predicted molar refractivity (Wildman–Crippen MR) is 110 cm³/mol. The largest absolute Gasteiger partial charge is 0.480 e. The van der Waals surface area contributed by atoms with Crippen LogP contribution in [0.25, 0.3) is 0 Å². The fraction of sp³-hybridized carbons (Fsp3) is 0.389. The van der Waals surface area contributed by atoms with Crippen LogP contribution in [0, 0.1) is 0 Å². The smallest absolute Gasteiger partial charge is 0.327 e. The average molecular weight is 439 g/mol. The van der Waals surface area contributed by atoms with Crippen LogP contribution in [-0.2, 0) is 30.4 Å². The Hall–Kier alpha value is -3.12. The fourth-order valence-electron chi connectivity index (χ4n) is 2.45. The van der Waals surface area contributed by atoms with Crippen molar-refractivity contribution in [2.24, 2.45) is 11.5 Å². The van der Waals surface area contributed by atoms with Gasteiger partial charge in [0.1, 0.15) is 18.1 Å². The van der Waals surface area contributed by atoms with Crippen molar-refractivity contribution in [3.8, 4) is 0 Å². The van der Waals surface area contributed by atoms with Gasteiger partial charge < -0.3 is 32.5 Å². The lowest BCUT2D eigenvalue weighted by Gasteiger charge is -2.24. The summed E-state index contributed by atoms with van der Waals surface area (Å²) in [6, 6.07) is 4.87. The zero-order valence-corrected chi connectivity index (χ0v) is 16.9. The van der Waals surface area contributed by atoms with Gasteiger partial charge in [0.15, 0.2) is 0 Å². The van der Waals surface area contributed by atoms with Crippen LogP contribution in [0.1, 0.15) is 12.0 Å². The standard InChI is InChI=1S/C18H25N5O6S/c19-8-15(25)21-12(7-14(20)24)17(27)22-11(6-10-4-2-1-3-5-10)16(26)23-13(9-30)18(28)29/h1-5,11-13,30H,6-9,19H2,(H2,20,24)(H,21,25)(H,22,27)(H,23,26)(H,28,29). The summed E-state index contributed by atoms with van der Waals surface area (Å²) in [6.07, 6.45) is -0.475. The van der Waals surface area contributed by atoms with Gasteiger partial charge in [-0.05, 0) is 5.56 Å². The van der Waals surface area contributed by atoms with Crippen molar-refractivity contribution >= 4 is 42.2 Å². The van der Waals surface area contributed by atoms with Crippen LogP contribution in [-0.4, -0.2) is 65.1 Å². The molecular formula is C18H25N5O6S. The Labute approximate surface area is 178 Å². The average Bonchev–Trinajstić information content (AvgIpc) is 2.70. The zero-order valence-electron chi connectivity index (χ0n) is 16.0. The Morgan fingerprint density at radius 3 is 2.00 bits per heavy atom. The zero-order chi connectivity index (χ0) is 22.7. The van der Waals surface area contributed by atoms with Crippen LogP contribution in [0.2, 0.25) is 0 Å². The molecule has 0 aliphatic heterocycles. The minimum atomic E-state index is -1.34. The van der Waals surface area contributed by atoms with E-state index in [0.29, 0.717) is 5.56 Å². The van der Waals surface area contributed by atoms with Crippen LogP contribution < -0.4 is 27.4 Å². The Morgan fingerprint density at radius 1 is 0.933 bits per heavy atom. The third-order valence-electron chi connectivity index (χ3n) is 3.96. The summed E-state index contributed by atoms with van der Waals surface area (Å²) in [5.74, 6) is -4.60. The topological polar surface area (TPSA) is 194 Å². The molecule has 0 saturated heterocycles. The number of hydrogen-bond acceptors (Lipinski definition) is 7. The Balaban J connectivity index is 3.05. The van der Waals surface area contributed by atoms with Crippen molar-refractivity contribution in [3.63, 3.8) is 0 Å². The number of carboxylic acids is 1. The normalized spacial score (nSPS) is 13.4. The van der Waals surface area contributed by atoms with Gasteiger partial charge in [-0.1, -0.05) is 30.3 Å². The fourth-order valence-corrected chi connectivity index (χ4v) is 2.70. The number of nitrogens with two attached hydrogens (primary N) is 2. The minimum Gasteiger partial charge on any atom is -0.480 e. The number of primary amides is 1. The van der Waals surface area contributed by atoms with Crippen LogP contribution in [0.15, 0.2) is 30.3 Å². The van der Waals surface area contributed by atoms with Gasteiger partial charge in [0.25, 0.3) is 0 Å². The lowest BCUT2D eigenvalue weighted by molar-refractivity contribution is -0.141. The van der Waals surface area contributed by atoms with E-state index in [0.717, 1.165) is 0 Å². The molecule has 4 amide bonds. The number of thiol groups is 1. The molecule has 8 N–H and O–H groups in total. The van der Waals surface area contributed by atoms with Crippen molar-refractivity contribution < 1.29 is 29.1 Å². The van der Waals surface area contributed by atoms with Crippen LogP contribution >= 0.6 is 12.6 Å². The van der Waals surface area contributed by atoms with Crippen molar-refractivity contribution in [1.29, 1.82) is 0 Å². The first-order chi connectivity index (χ1) is 14.2. The minimum absolute atomic E-state index is 0.0332. The summed E-state index contributed by atoms with van der Waals surface area (Å²) < 4.78 is 0. The number of carbonyl (C=O) groups excluding carboxylic acids is 4. The third kappa shape index (κ3) is 8.49. The Morgan fingerprint density at radius 2 is 1.50 bits per heavy atom. The highest BCUT2D eigenvalue weighted by Gasteiger charge is 2.30. The van der Waals surface area contributed by atoms with E-state index in [1.807, 2.05) is 0 Å². The summed E-state index contributed by atoms with van der Waals surface area (Å²) in [6.45, 7) is -0.418. The number of carbonyl (C=O) groups is 5. The van der Waals surface area contributed by atoms with Crippen LogP contribution in [0.3, 0.4) is 0 Å². The lowest BCUT2D eigenvalue weighted by atomic mass is 10.0. The highest BCUT2D eigenvalue weighted by atomic mass is 32.1. The van der Waals surface area contributed by atoms with E-state index in [4.69, 9.17) is 16.6 Å². The molecule has 3 unspecified atom stereocenters. The molecule has 12 heteroatoms. The van der Waals surface area contributed by atoms with Gasteiger partial charge in [0, 0.05) is 12.2 Å². The number of amides is 4. The maximum absolute atomic E-state index is 12.7. The molecule has 0 spiro atoms. The van der Waals surface area contributed by atoms with Gasteiger partial charge in [-0.25, -0.2) is 4.79 Å². The quantitative estimate of drug-likeness (QED) is 0.175. The molecule has 1 aromatic rings. The molecule has 0 aliphatic carbocycles. The number of nitrogens with one attached hydrogen (secondary N) is 3. The van der Waals surface area contributed by atoms with Crippen molar-refractivity contribution in [1.82, 2.24) is 16.0 Å². The summed E-state index contributed by atoms with van der Waals surface area (Å²) >= 11 is 3.89. The monoisotopic (exact) mass is 439 g/mol. The summed E-state index contributed by atoms with van der Waals surface area (Å²) in [7, 11) is 0. The first-order valence-corrected chi connectivity index (χ1v) is 9.57. The number of aliphatic carboxylic acids is 1. The van der Waals surface area contributed by atoms with Gasteiger partial charge in [-0.2, -0.15) is 12.6 Å². The number of benzene rings is 1. The molecule has 0 radical (unpaired) electrons. The second-order valence-corrected chi connectivity index (χ2v) is 6.69. The van der Waals surface area contributed by atoms with E-state index < -0.39 is 60.7 Å². The molecule has 0 bridgehead atoms. The van der Waals surface area contributed by atoms with Crippen molar-refractivity contribution in [2.75, 3.05) is 12.3 Å². The van der Waals surface area contributed by atoms with Gasteiger partial charge in [0.05, 0.1) is 13.0 Å². The molecular weight excluding hydrogens is 414 g/mol. The maximum Gasteiger partial charge on any atom is 0.327 e. The molecule has 3 atom stereocenters. The first kappa shape index (κ1) is 24.9. The summed E-state index contributed by atoms with van der Waals surface area (Å²) in [5.41, 5.74) is 11.0. The molecule has 0 aliphatic rings. The number of hydrogen-bond donors (Lipinski definition) is 7. The van der Waals surface area contributed by atoms with E-state index in [1.54, 1.807) is 30.3 Å². The maximum atomic E-state index is 12.7. The number of carboxylic acid groups (broad SMARTS) is 1. The van der Waals surface area contributed by atoms with Gasteiger partial charge in [0.2, 0.25) is 23.6 Å². The Kier molecular flexibility index (Phi) is 10.3. The van der Waals surface area contributed by atoms with Crippen LogP contribution in [0.5, 0.6) is 0 Å². The molecule has 1 rings (SSSR count). The molecule has 1 aromatic carbocycles. The molecule has 0 heterocycles. The van der Waals surface area contributed by atoms with Crippen LogP contribution in [0.4, 0.5) is 0 Å². The molecule has 164 valence electrons. The molecule has 11 nitrogen and oxygen atoms in total. The summed E-state index contributed by atoms with van der Waals surface area (Å²) in [5, 5.41) is 16.1. The van der Waals surface area contributed by atoms with E-state index in [2.05, 4.69) is 28.6 Å². The molecule has 0 saturated carbocycles. The van der Waals surface area contributed by atoms with E-state index in [-0.39, 0.29) is 12.2 Å². The third-order valence-corrected chi connectivity index (χ3v) is 4.32. The second kappa shape index (κ2) is 12.4. The highest BCUT2D eigenvalue weighted by Crippen LogP contribution is 2.05. The van der Waals surface area contributed by atoms with E-state index in [9.17, 15) is 24.0 Å². The SMILES string of the molecule is NCC(=O)NC(CC(N)=O)C(=O)NC(Cc1ccccc1)C(=O)NC(CS)C(=O)O. The first-order valence-electron chi connectivity index (χ1n) is 8.94. The van der Waals surface area contributed by atoms with Gasteiger partial charge in [-0.15, -0.1) is 0 Å². The van der Waals surface area contributed by atoms with E-state index >= 15 is 0 Å². The number of rotatable bonds is 12. The Bertz CT molecular complexity index is 776. The van der Waals surface area contributed by atoms with Crippen molar-refractivity contribution in [3.05, 3.63) is 35.9 Å². The lowest BCUT2D eigenvalue weighted by Crippen LogP contribution is -2.57. The predicted octanol–water partition coefficient (Wildman–Crippen LogP) is -2.47. The van der Waals surface area contributed by atoms with Gasteiger partial charge in [-0.3, -0.25) is 19.2 Å². The molecule has 0 aromatic heterocycles.